The summed E-state index contributed by atoms with van der Waals surface area (Å²) in [6.45, 7) is 4.11. The van der Waals surface area contributed by atoms with Crippen molar-refractivity contribution < 1.29 is 14.3 Å². The minimum absolute atomic E-state index is 0.00841. The molecule has 5 nitrogen and oxygen atoms in total. The SMILES string of the molecule is O=C(CCc1ccccc1)N1CCCN(C(=O)C2CCCOC2)CC1. The monoisotopic (exact) mass is 344 g/mol. The van der Waals surface area contributed by atoms with Gasteiger partial charge in [-0.25, -0.2) is 0 Å². The van der Waals surface area contributed by atoms with Gasteiger partial charge in [-0.1, -0.05) is 30.3 Å². The smallest absolute Gasteiger partial charge is 0.228 e. The zero-order valence-electron chi connectivity index (χ0n) is 14.9. The molecule has 2 aliphatic heterocycles. The molecule has 2 saturated heterocycles. The van der Waals surface area contributed by atoms with E-state index in [4.69, 9.17) is 4.74 Å². The average Bonchev–Trinajstić information content (AvgIpc) is 2.93. The first-order valence-corrected chi connectivity index (χ1v) is 9.42. The number of carbonyl (C=O) groups excluding carboxylic acids is 2. The molecule has 2 aliphatic rings. The number of benzene rings is 1. The van der Waals surface area contributed by atoms with E-state index >= 15 is 0 Å². The standard InChI is InChI=1S/C20H28N2O3/c23-19(10-9-17-6-2-1-3-7-17)21-11-5-12-22(14-13-21)20(24)18-8-4-15-25-16-18/h1-3,6-7,18H,4-5,8-16H2. The number of hydrogen-bond acceptors (Lipinski definition) is 3. The molecule has 3 rings (SSSR count). The predicted octanol–water partition coefficient (Wildman–Crippen LogP) is 2.11. The lowest BCUT2D eigenvalue weighted by molar-refractivity contribution is -0.140. The molecule has 2 fully saturated rings. The molecule has 0 spiro atoms. The van der Waals surface area contributed by atoms with Crippen LogP contribution in [0.25, 0.3) is 0 Å². The largest absolute Gasteiger partial charge is 0.381 e. The van der Waals surface area contributed by atoms with Gasteiger partial charge in [0.2, 0.25) is 11.8 Å². The highest BCUT2D eigenvalue weighted by atomic mass is 16.5. The molecule has 0 radical (unpaired) electrons. The van der Waals surface area contributed by atoms with E-state index in [9.17, 15) is 9.59 Å². The summed E-state index contributed by atoms with van der Waals surface area (Å²) in [5, 5.41) is 0. The van der Waals surface area contributed by atoms with E-state index in [0.29, 0.717) is 26.1 Å². The van der Waals surface area contributed by atoms with Crippen molar-refractivity contribution in [1.29, 1.82) is 0 Å². The van der Waals surface area contributed by atoms with Crippen LogP contribution in [0.5, 0.6) is 0 Å². The Balaban J connectivity index is 1.47. The van der Waals surface area contributed by atoms with Crippen LogP contribution in [-0.4, -0.2) is 61.0 Å². The quantitative estimate of drug-likeness (QED) is 0.840. The minimum atomic E-state index is 0.00841. The summed E-state index contributed by atoms with van der Waals surface area (Å²) in [6.07, 6.45) is 4.06. The second-order valence-electron chi connectivity index (χ2n) is 6.96. The fourth-order valence-corrected chi connectivity index (χ4v) is 3.63. The summed E-state index contributed by atoms with van der Waals surface area (Å²) in [4.78, 5) is 29.0. The van der Waals surface area contributed by atoms with E-state index in [1.165, 1.54) is 5.56 Å². The highest BCUT2D eigenvalue weighted by Gasteiger charge is 2.28. The van der Waals surface area contributed by atoms with Gasteiger partial charge in [-0.2, -0.15) is 0 Å². The zero-order valence-corrected chi connectivity index (χ0v) is 14.9. The van der Waals surface area contributed by atoms with Gasteiger partial charge < -0.3 is 14.5 Å². The molecule has 2 amide bonds. The lowest BCUT2D eigenvalue weighted by atomic mass is 10.0. The summed E-state index contributed by atoms with van der Waals surface area (Å²) < 4.78 is 5.45. The van der Waals surface area contributed by atoms with E-state index in [2.05, 4.69) is 12.1 Å². The average molecular weight is 344 g/mol. The van der Waals surface area contributed by atoms with Crippen LogP contribution < -0.4 is 0 Å². The Labute approximate surface area is 149 Å². The van der Waals surface area contributed by atoms with E-state index < -0.39 is 0 Å². The van der Waals surface area contributed by atoms with Crippen molar-refractivity contribution in [2.24, 2.45) is 5.92 Å². The van der Waals surface area contributed by atoms with Crippen LogP contribution in [-0.2, 0) is 20.7 Å². The normalized spacial score (nSPS) is 21.7. The molecule has 0 N–H and O–H groups in total. The Morgan fingerprint density at radius 1 is 1.00 bits per heavy atom. The van der Waals surface area contributed by atoms with Crippen LogP contribution >= 0.6 is 0 Å². The van der Waals surface area contributed by atoms with E-state index in [-0.39, 0.29) is 17.7 Å². The lowest BCUT2D eigenvalue weighted by Crippen LogP contribution is -2.42. The first kappa shape index (κ1) is 17.9. The molecule has 1 aromatic carbocycles. The summed E-state index contributed by atoms with van der Waals surface area (Å²) in [6, 6.07) is 10.1. The topological polar surface area (TPSA) is 49.9 Å². The Morgan fingerprint density at radius 2 is 1.76 bits per heavy atom. The van der Waals surface area contributed by atoms with Crippen LogP contribution in [0.1, 0.15) is 31.2 Å². The molecule has 136 valence electrons. The fraction of sp³-hybridized carbons (Fsp3) is 0.600. The molecular formula is C20H28N2O3. The number of nitrogens with zero attached hydrogens (tertiary/aromatic N) is 2. The van der Waals surface area contributed by atoms with Crippen LogP contribution in [0, 0.1) is 5.92 Å². The zero-order chi connectivity index (χ0) is 17.5. The second-order valence-corrected chi connectivity index (χ2v) is 6.96. The molecule has 0 aliphatic carbocycles. The van der Waals surface area contributed by atoms with Crippen LogP contribution in [0.4, 0.5) is 0 Å². The third kappa shape index (κ3) is 5.05. The molecule has 0 aromatic heterocycles. The third-order valence-electron chi connectivity index (χ3n) is 5.14. The van der Waals surface area contributed by atoms with Crippen molar-refractivity contribution >= 4 is 11.8 Å². The van der Waals surface area contributed by atoms with Crippen molar-refractivity contribution in [3.05, 3.63) is 35.9 Å². The third-order valence-corrected chi connectivity index (χ3v) is 5.14. The number of amides is 2. The van der Waals surface area contributed by atoms with Gasteiger partial charge in [0, 0.05) is 39.2 Å². The molecular weight excluding hydrogens is 316 g/mol. The highest BCUT2D eigenvalue weighted by molar-refractivity contribution is 5.79. The van der Waals surface area contributed by atoms with Gasteiger partial charge in [-0.15, -0.1) is 0 Å². The van der Waals surface area contributed by atoms with E-state index in [1.54, 1.807) is 0 Å². The summed E-state index contributed by atoms with van der Waals surface area (Å²) in [5.41, 5.74) is 1.19. The van der Waals surface area contributed by atoms with Crippen molar-refractivity contribution in [3.8, 4) is 0 Å². The summed E-state index contributed by atoms with van der Waals surface area (Å²) in [7, 11) is 0. The molecule has 1 atom stereocenters. The Hall–Kier alpha value is -1.88. The lowest BCUT2D eigenvalue weighted by Gasteiger charge is -2.28. The van der Waals surface area contributed by atoms with Crippen molar-refractivity contribution in [2.75, 3.05) is 39.4 Å². The fourth-order valence-electron chi connectivity index (χ4n) is 3.63. The van der Waals surface area contributed by atoms with Gasteiger partial charge in [0.05, 0.1) is 12.5 Å². The van der Waals surface area contributed by atoms with E-state index in [1.807, 2.05) is 28.0 Å². The van der Waals surface area contributed by atoms with Gasteiger partial charge in [0.25, 0.3) is 0 Å². The molecule has 1 unspecified atom stereocenters. The highest BCUT2D eigenvalue weighted by Crippen LogP contribution is 2.18. The van der Waals surface area contributed by atoms with Crippen LogP contribution in [0.2, 0.25) is 0 Å². The van der Waals surface area contributed by atoms with Gasteiger partial charge in [0.1, 0.15) is 0 Å². The van der Waals surface area contributed by atoms with Crippen molar-refractivity contribution in [1.82, 2.24) is 9.80 Å². The summed E-state index contributed by atoms with van der Waals surface area (Å²) in [5.74, 6) is 0.409. The van der Waals surface area contributed by atoms with Gasteiger partial charge in [-0.05, 0) is 31.2 Å². The van der Waals surface area contributed by atoms with Crippen LogP contribution in [0.3, 0.4) is 0 Å². The van der Waals surface area contributed by atoms with E-state index in [0.717, 1.165) is 45.4 Å². The van der Waals surface area contributed by atoms with Gasteiger partial charge in [-0.3, -0.25) is 9.59 Å². The maximum Gasteiger partial charge on any atom is 0.228 e. The number of rotatable bonds is 4. The van der Waals surface area contributed by atoms with Gasteiger partial charge >= 0.3 is 0 Å². The second kappa shape index (κ2) is 8.99. The molecule has 0 bridgehead atoms. The Bertz CT molecular complexity index is 570. The number of carbonyl (C=O) groups is 2. The maximum atomic E-state index is 12.6. The first-order chi connectivity index (χ1) is 12.2. The maximum absolute atomic E-state index is 12.6. The molecule has 2 heterocycles. The molecule has 0 saturated carbocycles. The molecule has 5 heteroatoms. The van der Waals surface area contributed by atoms with Crippen molar-refractivity contribution in [2.45, 2.75) is 32.1 Å². The van der Waals surface area contributed by atoms with Crippen molar-refractivity contribution in [3.63, 3.8) is 0 Å². The van der Waals surface area contributed by atoms with Crippen LogP contribution in [0.15, 0.2) is 30.3 Å². The minimum Gasteiger partial charge on any atom is -0.381 e. The Morgan fingerprint density at radius 3 is 2.52 bits per heavy atom. The van der Waals surface area contributed by atoms with Gasteiger partial charge in [0.15, 0.2) is 0 Å². The number of ether oxygens (including phenoxy) is 1. The number of aryl methyl sites for hydroxylation is 1. The Kier molecular flexibility index (Phi) is 6.45. The predicted molar refractivity (Wildman–Crippen MR) is 96.1 cm³/mol. The first-order valence-electron chi connectivity index (χ1n) is 9.42. The molecule has 1 aromatic rings. The molecule has 25 heavy (non-hydrogen) atoms. The summed E-state index contributed by atoms with van der Waals surface area (Å²) >= 11 is 0. The number of hydrogen-bond donors (Lipinski definition) is 0.